The van der Waals surface area contributed by atoms with Crippen molar-refractivity contribution in [2.75, 3.05) is 6.54 Å². The molecule has 1 fully saturated rings. The van der Waals surface area contributed by atoms with E-state index in [1.54, 1.807) is 0 Å². The molecule has 1 heteroatoms. The summed E-state index contributed by atoms with van der Waals surface area (Å²) in [4.78, 5) is 0. The topological polar surface area (TPSA) is 12.0 Å². The quantitative estimate of drug-likeness (QED) is 0.761. The molecule has 88 valence electrons. The summed E-state index contributed by atoms with van der Waals surface area (Å²) >= 11 is 0. The monoisotopic (exact) mass is 217 g/mol. The Morgan fingerprint density at radius 2 is 1.81 bits per heavy atom. The second-order valence-corrected chi connectivity index (χ2v) is 5.95. The van der Waals surface area contributed by atoms with Crippen LogP contribution >= 0.6 is 0 Å². The third-order valence-corrected chi connectivity index (χ3v) is 4.55. The highest BCUT2D eigenvalue weighted by molar-refractivity contribution is 5.39. The van der Waals surface area contributed by atoms with Crippen LogP contribution < -0.4 is 5.32 Å². The minimum atomic E-state index is 0.188. The molecule has 16 heavy (non-hydrogen) atoms. The Bertz CT molecular complexity index is 406. The van der Waals surface area contributed by atoms with Gasteiger partial charge in [0.2, 0.25) is 0 Å². The van der Waals surface area contributed by atoms with Gasteiger partial charge in [0.1, 0.15) is 0 Å². The van der Waals surface area contributed by atoms with Crippen LogP contribution in [-0.2, 0) is 5.41 Å². The fourth-order valence-corrected chi connectivity index (χ4v) is 3.04. The van der Waals surface area contributed by atoms with Crippen molar-refractivity contribution in [3.05, 3.63) is 34.9 Å². The second-order valence-electron chi connectivity index (χ2n) is 5.95. The maximum atomic E-state index is 3.63. The summed E-state index contributed by atoms with van der Waals surface area (Å²) in [6, 6.07) is 6.86. The van der Waals surface area contributed by atoms with Crippen LogP contribution in [0.1, 0.15) is 43.9 Å². The zero-order valence-electron chi connectivity index (χ0n) is 11.1. The van der Waals surface area contributed by atoms with Crippen LogP contribution in [0.2, 0.25) is 0 Å². The Balaban J connectivity index is 2.51. The molecule has 1 atom stereocenters. The largest absolute Gasteiger partial charge is 0.311 e. The van der Waals surface area contributed by atoms with Crippen LogP contribution in [0.15, 0.2) is 18.2 Å². The fourth-order valence-electron chi connectivity index (χ4n) is 3.04. The van der Waals surface area contributed by atoms with Crippen molar-refractivity contribution in [2.45, 2.75) is 52.0 Å². The number of nitrogens with one attached hydrogen (secondary N) is 1. The molecule has 1 aliphatic rings. The van der Waals surface area contributed by atoms with Gasteiger partial charge in [0.15, 0.2) is 0 Å². The maximum Gasteiger partial charge on any atom is 0.0219 e. The average Bonchev–Trinajstić information content (AvgIpc) is 2.41. The van der Waals surface area contributed by atoms with Gasteiger partial charge in [0.25, 0.3) is 0 Å². The zero-order valence-corrected chi connectivity index (χ0v) is 11.1. The molecule has 0 aromatic heterocycles. The molecule has 1 N–H and O–H groups in total. The minimum absolute atomic E-state index is 0.188. The number of benzene rings is 1. The standard InChI is InChI=1S/C15H23N/c1-11-6-7-13(12(2)10-11)15(5)8-9-16-14(15,3)4/h6-7,10,16H,8-9H2,1-5H3. The molecule has 0 amide bonds. The van der Waals surface area contributed by atoms with E-state index < -0.39 is 0 Å². The van der Waals surface area contributed by atoms with Gasteiger partial charge in [0, 0.05) is 11.0 Å². The van der Waals surface area contributed by atoms with E-state index in [1.807, 2.05) is 0 Å². The molecular weight excluding hydrogens is 194 g/mol. The van der Waals surface area contributed by atoms with E-state index >= 15 is 0 Å². The Morgan fingerprint density at radius 3 is 2.31 bits per heavy atom. The second kappa shape index (κ2) is 3.59. The lowest BCUT2D eigenvalue weighted by atomic mass is 9.68. The molecule has 0 spiro atoms. The molecule has 1 heterocycles. The van der Waals surface area contributed by atoms with Gasteiger partial charge >= 0.3 is 0 Å². The van der Waals surface area contributed by atoms with Crippen molar-refractivity contribution in [1.82, 2.24) is 5.32 Å². The van der Waals surface area contributed by atoms with E-state index in [-0.39, 0.29) is 11.0 Å². The Labute approximate surface area is 99.3 Å². The first-order valence-electron chi connectivity index (χ1n) is 6.20. The normalized spacial score (nSPS) is 28.3. The van der Waals surface area contributed by atoms with Crippen molar-refractivity contribution >= 4 is 0 Å². The number of hydrogen-bond acceptors (Lipinski definition) is 1. The highest BCUT2D eigenvalue weighted by atomic mass is 15.0. The number of hydrogen-bond donors (Lipinski definition) is 1. The Morgan fingerprint density at radius 1 is 1.12 bits per heavy atom. The lowest BCUT2D eigenvalue weighted by molar-refractivity contribution is 0.296. The van der Waals surface area contributed by atoms with E-state index in [2.05, 4.69) is 58.1 Å². The SMILES string of the molecule is Cc1ccc(C2(C)CCNC2(C)C)c(C)c1. The highest BCUT2D eigenvalue weighted by Gasteiger charge is 2.46. The van der Waals surface area contributed by atoms with Crippen molar-refractivity contribution in [1.29, 1.82) is 0 Å². The molecule has 0 aliphatic carbocycles. The third-order valence-electron chi connectivity index (χ3n) is 4.55. The third kappa shape index (κ3) is 1.58. The number of aryl methyl sites for hydroxylation is 2. The summed E-state index contributed by atoms with van der Waals surface area (Å²) < 4.78 is 0. The average molecular weight is 217 g/mol. The summed E-state index contributed by atoms with van der Waals surface area (Å²) in [5.74, 6) is 0. The first kappa shape index (κ1) is 11.7. The van der Waals surface area contributed by atoms with Gasteiger partial charge in [-0.15, -0.1) is 0 Å². The fraction of sp³-hybridized carbons (Fsp3) is 0.600. The molecule has 1 saturated heterocycles. The molecule has 1 aromatic carbocycles. The molecule has 1 unspecified atom stereocenters. The first-order chi connectivity index (χ1) is 7.37. The predicted octanol–water partition coefficient (Wildman–Crippen LogP) is 3.33. The van der Waals surface area contributed by atoms with Gasteiger partial charge in [-0.05, 0) is 51.8 Å². The zero-order chi connectivity index (χ0) is 12.0. The Hall–Kier alpha value is -0.820. The van der Waals surface area contributed by atoms with E-state index in [1.165, 1.54) is 23.1 Å². The first-order valence-corrected chi connectivity index (χ1v) is 6.20. The van der Waals surface area contributed by atoms with Crippen LogP contribution in [0, 0.1) is 13.8 Å². The van der Waals surface area contributed by atoms with Crippen LogP contribution in [0.5, 0.6) is 0 Å². The summed E-state index contributed by atoms with van der Waals surface area (Å²) in [5, 5.41) is 3.63. The van der Waals surface area contributed by atoms with Crippen molar-refractivity contribution in [2.24, 2.45) is 0 Å². The molecule has 0 saturated carbocycles. The molecule has 1 aromatic rings. The molecule has 2 rings (SSSR count). The lowest BCUT2D eigenvalue weighted by Gasteiger charge is -2.39. The van der Waals surface area contributed by atoms with Gasteiger partial charge in [-0.1, -0.05) is 30.7 Å². The van der Waals surface area contributed by atoms with Gasteiger partial charge in [-0.3, -0.25) is 0 Å². The van der Waals surface area contributed by atoms with E-state index in [4.69, 9.17) is 0 Å². The highest BCUT2D eigenvalue weighted by Crippen LogP contribution is 2.43. The van der Waals surface area contributed by atoms with Gasteiger partial charge in [-0.2, -0.15) is 0 Å². The van der Waals surface area contributed by atoms with Crippen molar-refractivity contribution in [3.8, 4) is 0 Å². The molecule has 0 radical (unpaired) electrons. The maximum absolute atomic E-state index is 3.63. The van der Waals surface area contributed by atoms with Crippen molar-refractivity contribution in [3.63, 3.8) is 0 Å². The van der Waals surface area contributed by atoms with Crippen LogP contribution in [-0.4, -0.2) is 12.1 Å². The summed E-state index contributed by atoms with van der Waals surface area (Å²) in [6.45, 7) is 12.6. The summed E-state index contributed by atoms with van der Waals surface area (Å²) in [6.07, 6.45) is 1.23. The Kier molecular flexibility index (Phi) is 2.62. The minimum Gasteiger partial charge on any atom is -0.311 e. The van der Waals surface area contributed by atoms with Crippen LogP contribution in [0.4, 0.5) is 0 Å². The van der Waals surface area contributed by atoms with Crippen molar-refractivity contribution < 1.29 is 0 Å². The molecule has 1 aliphatic heterocycles. The van der Waals surface area contributed by atoms with Gasteiger partial charge < -0.3 is 5.32 Å². The molecule has 1 nitrogen and oxygen atoms in total. The van der Waals surface area contributed by atoms with Gasteiger partial charge in [0.05, 0.1) is 0 Å². The smallest absolute Gasteiger partial charge is 0.0219 e. The van der Waals surface area contributed by atoms with Gasteiger partial charge in [-0.25, -0.2) is 0 Å². The van der Waals surface area contributed by atoms with Crippen LogP contribution in [0.25, 0.3) is 0 Å². The van der Waals surface area contributed by atoms with E-state index in [9.17, 15) is 0 Å². The summed E-state index contributed by atoms with van der Waals surface area (Å²) in [7, 11) is 0. The summed E-state index contributed by atoms with van der Waals surface area (Å²) in [5.41, 5.74) is 4.73. The van der Waals surface area contributed by atoms with E-state index in [0.29, 0.717) is 0 Å². The van der Waals surface area contributed by atoms with E-state index in [0.717, 1.165) is 6.54 Å². The van der Waals surface area contributed by atoms with Crippen LogP contribution in [0.3, 0.4) is 0 Å². The molecular formula is C15H23N. The lowest BCUT2D eigenvalue weighted by Crippen LogP contribution is -2.48. The number of rotatable bonds is 1. The molecule has 0 bridgehead atoms. The predicted molar refractivity (Wildman–Crippen MR) is 70.0 cm³/mol.